The number of imidazole rings is 1. The van der Waals surface area contributed by atoms with Crippen molar-refractivity contribution < 1.29 is 0 Å². The Kier molecular flexibility index (Phi) is 3.08. The predicted octanol–water partition coefficient (Wildman–Crippen LogP) is 3.23. The van der Waals surface area contributed by atoms with E-state index in [0.29, 0.717) is 11.3 Å². The number of nitrogens with zero attached hydrogens (tertiary/aromatic N) is 4. The molecular weight excluding hydrogens is 282 g/mol. The van der Waals surface area contributed by atoms with Crippen LogP contribution in [0.4, 0.5) is 5.13 Å². The quantitative estimate of drug-likeness (QED) is 0.789. The number of hydrogen-bond donors (Lipinski definition) is 1. The van der Waals surface area contributed by atoms with Gasteiger partial charge < -0.3 is 10.3 Å². The number of nitrogen functional groups attached to an aromatic ring is 1. The standard InChI is InChI=1S/C15H19N5S/c1-10(19-7-3-2-4-8-19)20-9-17-13-12(20)6-5-11-14(13)21-15(16)18-11/h5-6,9-10H,2-4,7-8H2,1H3,(H2,16,18). The first-order valence-electron chi connectivity index (χ1n) is 7.49. The molecule has 0 amide bonds. The van der Waals surface area contributed by atoms with Gasteiger partial charge in [-0.05, 0) is 31.9 Å². The molecule has 0 aliphatic carbocycles. The summed E-state index contributed by atoms with van der Waals surface area (Å²) in [4.78, 5) is 11.5. The first-order valence-corrected chi connectivity index (χ1v) is 8.31. The van der Waals surface area contributed by atoms with E-state index in [-0.39, 0.29) is 0 Å². The van der Waals surface area contributed by atoms with Crippen LogP contribution in [0.15, 0.2) is 18.5 Å². The van der Waals surface area contributed by atoms with Gasteiger partial charge in [0.15, 0.2) is 5.13 Å². The number of nitrogens with two attached hydrogens (primary N) is 1. The number of likely N-dealkylation sites (tertiary alicyclic amines) is 1. The number of aromatic nitrogens is 3. The largest absolute Gasteiger partial charge is 0.375 e. The molecule has 1 unspecified atom stereocenters. The normalized spacial score (nSPS) is 18.5. The summed E-state index contributed by atoms with van der Waals surface area (Å²) in [7, 11) is 0. The molecule has 3 heterocycles. The van der Waals surface area contributed by atoms with E-state index in [2.05, 4.69) is 32.4 Å². The van der Waals surface area contributed by atoms with Crippen LogP contribution in [0.2, 0.25) is 0 Å². The number of piperidine rings is 1. The lowest BCUT2D eigenvalue weighted by Gasteiger charge is -2.33. The molecule has 0 spiro atoms. The van der Waals surface area contributed by atoms with Gasteiger partial charge in [0.25, 0.3) is 0 Å². The van der Waals surface area contributed by atoms with Crippen LogP contribution >= 0.6 is 11.3 Å². The van der Waals surface area contributed by atoms with Crippen molar-refractivity contribution >= 4 is 37.7 Å². The summed E-state index contributed by atoms with van der Waals surface area (Å²) in [6.45, 7) is 4.62. The maximum atomic E-state index is 5.83. The molecule has 110 valence electrons. The Morgan fingerprint density at radius 3 is 2.86 bits per heavy atom. The van der Waals surface area contributed by atoms with E-state index in [1.165, 1.54) is 49.2 Å². The van der Waals surface area contributed by atoms with Gasteiger partial charge in [0.2, 0.25) is 0 Å². The molecule has 1 aliphatic heterocycles. The molecule has 1 aromatic carbocycles. The third-order valence-corrected chi connectivity index (χ3v) is 5.34. The van der Waals surface area contributed by atoms with E-state index in [1.54, 1.807) is 0 Å². The monoisotopic (exact) mass is 301 g/mol. The van der Waals surface area contributed by atoms with Gasteiger partial charge in [-0.3, -0.25) is 4.90 Å². The van der Waals surface area contributed by atoms with Crippen LogP contribution < -0.4 is 5.73 Å². The van der Waals surface area contributed by atoms with Crippen LogP contribution in [0, 0.1) is 0 Å². The number of anilines is 1. The molecule has 1 atom stereocenters. The Balaban J connectivity index is 1.80. The molecule has 0 radical (unpaired) electrons. The SMILES string of the molecule is CC(N1CCCCC1)n1cnc2c3sc(N)nc3ccc21. The van der Waals surface area contributed by atoms with E-state index in [0.717, 1.165) is 15.7 Å². The van der Waals surface area contributed by atoms with Crippen molar-refractivity contribution in [3.8, 4) is 0 Å². The molecule has 1 fully saturated rings. The van der Waals surface area contributed by atoms with E-state index in [9.17, 15) is 0 Å². The number of hydrogen-bond acceptors (Lipinski definition) is 5. The number of benzene rings is 1. The first-order chi connectivity index (χ1) is 10.2. The van der Waals surface area contributed by atoms with Crippen molar-refractivity contribution in [2.45, 2.75) is 32.4 Å². The van der Waals surface area contributed by atoms with Gasteiger partial charge in [0, 0.05) is 13.1 Å². The average molecular weight is 301 g/mol. The Morgan fingerprint density at radius 1 is 1.24 bits per heavy atom. The van der Waals surface area contributed by atoms with Crippen LogP contribution in [0.3, 0.4) is 0 Å². The van der Waals surface area contributed by atoms with Crippen molar-refractivity contribution in [3.05, 3.63) is 18.5 Å². The van der Waals surface area contributed by atoms with Crippen LogP contribution in [-0.2, 0) is 0 Å². The summed E-state index contributed by atoms with van der Waals surface area (Å²) in [5.41, 5.74) is 8.96. The van der Waals surface area contributed by atoms with Crippen LogP contribution in [0.1, 0.15) is 32.4 Å². The lowest BCUT2D eigenvalue weighted by molar-refractivity contribution is 0.130. The molecule has 4 rings (SSSR count). The topological polar surface area (TPSA) is 60.0 Å². The highest BCUT2D eigenvalue weighted by atomic mass is 32.1. The first kappa shape index (κ1) is 13.0. The maximum Gasteiger partial charge on any atom is 0.181 e. The fourth-order valence-corrected chi connectivity index (χ4v) is 4.09. The zero-order valence-electron chi connectivity index (χ0n) is 12.1. The Bertz CT molecular complexity index is 784. The highest BCUT2D eigenvalue weighted by molar-refractivity contribution is 7.22. The van der Waals surface area contributed by atoms with Gasteiger partial charge in [-0.25, -0.2) is 9.97 Å². The summed E-state index contributed by atoms with van der Waals surface area (Å²) in [5.74, 6) is 0. The zero-order valence-corrected chi connectivity index (χ0v) is 12.9. The molecule has 0 saturated carbocycles. The molecule has 1 aliphatic rings. The van der Waals surface area contributed by atoms with Gasteiger partial charge in [-0.1, -0.05) is 17.8 Å². The molecule has 6 heteroatoms. The fourth-order valence-electron chi connectivity index (χ4n) is 3.27. The molecule has 0 bridgehead atoms. The third kappa shape index (κ3) is 2.10. The molecular formula is C15H19N5S. The Hall–Kier alpha value is -1.66. The van der Waals surface area contributed by atoms with Crippen LogP contribution in [-0.4, -0.2) is 32.5 Å². The molecule has 2 aromatic heterocycles. The van der Waals surface area contributed by atoms with Gasteiger partial charge in [0.1, 0.15) is 5.52 Å². The van der Waals surface area contributed by atoms with Crippen LogP contribution in [0.5, 0.6) is 0 Å². The average Bonchev–Trinajstić information content (AvgIpc) is 3.09. The maximum absolute atomic E-state index is 5.83. The van der Waals surface area contributed by atoms with E-state index in [1.807, 2.05) is 12.4 Å². The number of thiazole rings is 1. The highest BCUT2D eigenvalue weighted by Gasteiger charge is 2.20. The lowest BCUT2D eigenvalue weighted by Crippen LogP contribution is -2.34. The van der Waals surface area contributed by atoms with Crippen molar-refractivity contribution in [1.29, 1.82) is 0 Å². The summed E-state index contributed by atoms with van der Waals surface area (Å²) in [5, 5.41) is 0.608. The van der Waals surface area contributed by atoms with Gasteiger partial charge in [0.05, 0.1) is 28.2 Å². The second kappa shape index (κ2) is 4.96. The molecule has 3 aromatic rings. The number of fused-ring (bicyclic) bond motifs is 3. The summed E-state index contributed by atoms with van der Waals surface area (Å²) < 4.78 is 3.37. The second-order valence-electron chi connectivity index (χ2n) is 5.71. The molecule has 1 saturated heterocycles. The lowest BCUT2D eigenvalue weighted by atomic mass is 10.1. The molecule has 5 nitrogen and oxygen atoms in total. The summed E-state index contributed by atoms with van der Waals surface area (Å²) >= 11 is 1.52. The Labute approximate surface area is 127 Å². The summed E-state index contributed by atoms with van der Waals surface area (Å²) in [6, 6.07) is 4.16. The van der Waals surface area contributed by atoms with E-state index >= 15 is 0 Å². The van der Waals surface area contributed by atoms with Gasteiger partial charge in [-0.2, -0.15) is 0 Å². The highest BCUT2D eigenvalue weighted by Crippen LogP contribution is 2.32. The van der Waals surface area contributed by atoms with Crippen molar-refractivity contribution in [2.75, 3.05) is 18.8 Å². The van der Waals surface area contributed by atoms with Crippen molar-refractivity contribution in [1.82, 2.24) is 19.4 Å². The van der Waals surface area contributed by atoms with E-state index in [4.69, 9.17) is 5.73 Å². The third-order valence-electron chi connectivity index (χ3n) is 4.44. The fraction of sp³-hybridized carbons (Fsp3) is 0.467. The van der Waals surface area contributed by atoms with E-state index < -0.39 is 0 Å². The second-order valence-corrected chi connectivity index (χ2v) is 6.74. The van der Waals surface area contributed by atoms with Crippen LogP contribution in [0.25, 0.3) is 21.3 Å². The Morgan fingerprint density at radius 2 is 2.05 bits per heavy atom. The molecule has 2 N–H and O–H groups in total. The zero-order chi connectivity index (χ0) is 14.4. The van der Waals surface area contributed by atoms with Crippen molar-refractivity contribution in [2.24, 2.45) is 0 Å². The number of rotatable bonds is 2. The van der Waals surface area contributed by atoms with Crippen molar-refractivity contribution in [3.63, 3.8) is 0 Å². The van der Waals surface area contributed by atoms with Gasteiger partial charge >= 0.3 is 0 Å². The minimum Gasteiger partial charge on any atom is -0.375 e. The predicted molar refractivity (Wildman–Crippen MR) is 87.5 cm³/mol. The smallest absolute Gasteiger partial charge is 0.181 e. The van der Waals surface area contributed by atoms with Gasteiger partial charge in [-0.15, -0.1) is 0 Å². The molecule has 21 heavy (non-hydrogen) atoms. The summed E-state index contributed by atoms with van der Waals surface area (Å²) in [6.07, 6.45) is 6.26. The minimum absolute atomic E-state index is 0.345. The minimum atomic E-state index is 0.345.